The van der Waals surface area contributed by atoms with Crippen LogP contribution in [0.25, 0.3) is 0 Å². The second-order valence-electron chi connectivity index (χ2n) is 5.79. The molecule has 2 aliphatic rings. The van der Waals surface area contributed by atoms with E-state index >= 15 is 0 Å². The molecular formula is C14H26N2O2. The first kappa shape index (κ1) is 13.8. The van der Waals surface area contributed by atoms with Gasteiger partial charge in [-0.2, -0.15) is 0 Å². The Kier molecular flexibility index (Phi) is 5.01. The lowest BCUT2D eigenvalue weighted by molar-refractivity contribution is -0.128. The van der Waals surface area contributed by atoms with Gasteiger partial charge >= 0.3 is 0 Å². The first-order valence-electron chi connectivity index (χ1n) is 7.33. The lowest BCUT2D eigenvalue weighted by Crippen LogP contribution is -2.46. The Morgan fingerprint density at radius 1 is 1.28 bits per heavy atom. The summed E-state index contributed by atoms with van der Waals surface area (Å²) in [6.45, 7) is 3.60. The Hall–Kier alpha value is -0.610. The van der Waals surface area contributed by atoms with E-state index in [1.54, 1.807) is 0 Å². The van der Waals surface area contributed by atoms with Crippen LogP contribution in [0.5, 0.6) is 0 Å². The van der Waals surface area contributed by atoms with Gasteiger partial charge in [0.1, 0.15) is 0 Å². The molecule has 4 atom stereocenters. The van der Waals surface area contributed by atoms with Crippen molar-refractivity contribution < 1.29 is 9.53 Å². The van der Waals surface area contributed by atoms with Crippen LogP contribution in [0.2, 0.25) is 0 Å². The third-order valence-corrected chi connectivity index (χ3v) is 4.48. The van der Waals surface area contributed by atoms with Crippen molar-refractivity contribution in [2.75, 3.05) is 13.2 Å². The smallest absolute Gasteiger partial charge is 0.223 e. The van der Waals surface area contributed by atoms with E-state index < -0.39 is 0 Å². The molecule has 0 spiro atoms. The van der Waals surface area contributed by atoms with Crippen molar-refractivity contribution in [1.82, 2.24) is 5.32 Å². The molecule has 1 saturated heterocycles. The largest absolute Gasteiger partial charge is 0.376 e. The maximum absolute atomic E-state index is 12.2. The first-order chi connectivity index (χ1) is 8.68. The number of nitrogens with two attached hydrogens (primary N) is 1. The molecule has 0 aromatic rings. The fraction of sp³-hybridized carbons (Fsp3) is 0.929. The van der Waals surface area contributed by atoms with Crippen LogP contribution in [0.4, 0.5) is 0 Å². The van der Waals surface area contributed by atoms with E-state index in [1.807, 2.05) is 0 Å². The minimum atomic E-state index is 0.0948. The van der Waals surface area contributed by atoms with Gasteiger partial charge in [-0.3, -0.25) is 4.79 Å². The number of hydrogen-bond donors (Lipinski definition) is 2. The van der Waals surface area contributed by atoms with E-state index in [0.29, 0.717) is 12.5 Å². The van der Waals surface area contributed by atoms with E-state index in [9.17, 15) is 4.79 Å². The predicted molar refractivity (Wildman–Crippen MR) is 71.1 cm³/mol. The molecule has 0 aromatic carbocycles. The minimum Gasteiger partial charge on any atom is -0.376 e. The molecule has 0 radical (unpaired) electrons. The van der Waals surface area contributed by atoms with Gasteiger partial charge in [-0.05, 0) is 38.0 Å². The third kappa shape index (κ3) is 3.45. The van der Waals surface area contributed by atoms with Crippen LogP contribution >= 0.6 is 0 Å². The zero-order valence-corrected chi connectivity index (χ0v) is 11.4. The molecule has 1 aliphatic heterocycles. The summed E-state index contributed by atoms with van der Waals surface area (Å²) in [4.78, 5) is 12.2. The molecule has 1 heterocycles. The van der Waals surface area contributed by atoms with Crippen molar-refractivity contribution in [3.8, 4) is 0 Å². The van der Waals surface area contributed by atoms with Crippen molar-refractivity contribution in [2.24, 2.45) is 17.6 Å². The molecule has 4 nitrogen and oxygen atoms in total. The molecule has 4 heteroatoms. The Labute approximate surface area is 110 Å². The van der Waals surface area contributed by atoms with Gasteiger partial charge in [-0.15, -0.1) is 0 Å². The molecule has 1 amide bonds. The highest BCUT2D eigenvalue weighted by Crippen LogP contribution is 2.29. The van der Waals surface area contributed by atoms with E-state index in [2.05, 4.69) is 12.2 Å². The van der Waals surface area contributed by atoms with Gasteiger partial charge in [0.25, 0.3) is 0 Å². The normalized spacial score (nSPS) is 37.2. The van der Waals surface area contributed by atoms with E-state index in [1.165, 1.54) is 6.42 Å². The van der Waals surface area contributed by atoms with Gasteiger partial charge in [0.05, 0.1) is 6.10 Å². The van der Waals surface area contributed by atoms with Crippen molar-refractivity contribution in [1.29, 1.82) is 0 Å². The molecule has 1 aliphatic carbocycles. The quantitative estimate of drug-likeness (QED) is 0.801. The predicted octanol–water partition coefficient (Wildman–Crippen LogP) is 1.44. The molecule has 0 aromatic heterocycles. The Morgan fingerprint density at radius 3 is 2.83 bits per heavy atom. The van der Waals surface area contributed by atoms with Gasteiger partial charge in [-0.1, -0.05) is 13.3 Å². The standard InChI is InChI=1S/C14H26N2O2/c1-10-12(6-4-7-13(10)15)14(17)16-9-11-5-2-3-8-18-11/h10-13H,2-9,15H2,1H3,(H,16,17). The highest BCUT2D eigenvalue weighted by atomic mass is 16.5. The van der Waals surface area contributed by atoms with Crippen LogP contribution in [0, 0.1) is 11.8 Å². The van der Waals surface area contributed by atoms with Gasteiger partial charge < -0.3 is 15.8 Å². The molecule has 0 bridgehead atoms. The summed E-state index contributed by atoms with van der Waals surface area (Å²) in [7, 11) is 0. The van der Waals surface area contributed by atoms with Crippen LogP contribution in [-0.4, -0.2) is 31.2 Å². The zero-order valence-electron chi connectivity index (χ0n) is 11.4. The molecule has 3 N–H and O–H groups in total. The second kappa shape index (κ2) is 6.53. The third-order valence-electron chi connectivity index (χ3n) is 4.48. The summed E-state index contributed by atoms with van der Waals surface area (Å²) in [5.41, 5.74) is 6.04. The second-order valence-corrected chi connectivity index (χ2v) is 5.79. The van der Waals surface area contributed by atoms with E-state index in [4.69, 9.17) is 10.5 Å². The fourth-order valence-electron chi connectivity index (χ4n) is 3.08. The van der Waals surface area contributed by atoms with Crippen molar-refractivity contribution in [3.05, 3.63) is 0 Å². The van der Waals surface area contributed by atoms with Gasteiger partial charge in [0, 0.05) is 25.1 Å². The number of nitrogens with one attached hydrogen (secondary N) is 1. The maximum Gasteiger partial charge on any atom is 0.223 e. The summed E-state index contributed by atoms with van der Waals surface area (Å²) >= 11 is 0. The summed E-state index contributed by atoms with van der Waals surface area (Å²) in [6.07, 6.45) is 6.76. The molecule has 2 fully saturated rings. The van der Waals surface area contributed by atoms with Gasteiger partial charge in [0.15, 0.2) is 0 Å². The van der Waals surface area contributed by atoms with Gasteiger partial charge in [0.2, 0.25) is 5.91 Å². The molecule has 2 rings (SSSR count). The zero-order chi connectivity index (χ0) is 13.0. The average molecular weight is 254 g/mol. The van der Waals surface area contributed by atoms with E-state index in [-0.39, 0.29) is 24.0 Å². The summed E-state index contributed by atoms with van der Waals surface area (Å²) in [5.74, 6) is 0.565. The number of rotatable bonds is 3. The average Bonchev–Trinajstić information content (AvgIpc) is 2.40. The highest BCUT2D eigenvalue weighted by molar-refractivity contribution is 5.79. The Bertz CT molecular complexity index is 277. The summed E-state index contributed by atoms with van der Waals surface area (Å²) < 4.78 is 5.62. The Balaban J connectivity index is 1.76. The lowest BCUT2D eigenvalue weighted by atomic mass is 9.77. The Morgan fingerprint density at radius 2 is 2.11 bits per heavy atom. The molecular weight excluding hydrogens is 228 g/mol. The lowest BCUT2D eigenvalue weighted by Gasteiger charge is -2.33. The monoisotopic (exact) mass is 254 g/mol. The molecule has 4 unspecified atom stereocenters. The number of carbonyl (C=O) groups excluding carboxylic acids is 1. The highest BCUT2D eigenvalue weighted by Gasteiger charge is 2.32. The van der Waals surface area contributed by atoms with Crippen molar-refractivity contribution in [2.45, 2.75) is 57.6 Å². The van der Waals surface area contributed by atoms with Crippen molar-refractivity contribution in [3.63, 3.8) is 0 Å². The topological polar surface area (TPSA) is 64.4 Å². The fourth-order valence-corrected chi connectivity index (χ4v) is 3.08. The van der Waals surface area contributed by atoms with Crippen molar-refractivity contribution >= 4 is 5.91 Å². The van der Waals surface area contributed by atoms with Crippen LogP contribution in [-0.2, 0) is 9.53 Å². The van der Waals surface area contributed by atoms with E-state index in [0.717, 1.165) is 38.7 Å². The number of amides is 1. The first-order valence-corrected chi connectivity index (χ1v) is 7.33. The molecule has 104 valence electrons. The van der Waals surface area contributed by atoms with Crippen LogP contribution in [0.3, 0.4) is 0 Å². The maximum atomic E-state index is 12.2. The van der Waals surface area contributed by atoms with Crippen LogP contribution < -0.4 is 11.1 Å². The number of carbonyl (C=O) groups is 1. The summed E-state index contributed by atoms with van der Waals surface area (Å²) in [5, 5.41) is 3.05. The number of ether oxygens (including phenoxy) is 1. The minimum absolute atomic E-state index is 0.0948. The molecule has 18 heavy (non-hydrogen) atoms. The summed E-state index contributed by atoms with van der Waals surface area (Å²) in [6, 6.07) is 0.181. The van der Waals surface area contributed by atoms with Gasteiger partial charge in [-0.25, -0.2) is 0 Å². The molecule has 1 saturated carbocycles. The van der Waals surface area contributed by atoms with Crippen LogP contribution in [0.15, 0.2) is 0 Å². The van der Waals surface area contributed by atoms with Crippen LogP contribution in [0.1, 0.15) is 45.4 Å². The SMILES string of the molecule is CC1C(N)CCCC1C(=O)NCC1CCCCO1. The number of hydrogen-bond acceptors (Lipinski definition) is 3.